The standard InChI is InChI=1S/C19H27N3O2.ClH/c1-13-14(2)21(10-9-20-13)19(24)17-11-18(23)22(12-17)15(3)16-7-5-4-6-8-16;/h4-8,13-15,17,20H,9-12H2,1-3H3;1H. The number of halogens is 1. The molecule has 1 N–H and O–H groups in total. The maximum atomic E-state index is 12.9. The van der Waals surface area contributed by atoms with Crippen LogP contribution in [-0.2, 0) is 9.59 Å². The van der Waals surface area contributed by atoms with Crippen molar-refractivity contribution < 1.29 is 9.59 Å². The molecule has 0 spiro atoms. The zero-order valence-corrected chi connectivity index (χ0v) is 16.0. The van der Waals surface area contributed by atoms with Gasteiger partial charge in [0.05, 0.1) is 12.0 Å². The van der Waals surface area contributed by atoms with E-state index in [4.69, 9.17) is 0 Å². The van der Waals surface area contributed by atoms with Gasteiger partial charge in [-0.2, -0.15) is 0 Å². The van der Waals surface area contributed by atoms with Crippen LogP contribution < -0.4 is 5.32 Å². The first kappa shape index (κ1) is 19.7. The highest BCUT2D eigenvalue weighted by Crippen LogP contribution is 2.30. The molecule has 5 nitrogen and oxygen atoms in total. The van der Waals surface area contributed by atoms with Crippen LogP contribution >= 0.6 is 12.4 Å². The molecule has 6 heteroatoms. The summed E-state index contributed by atoms with van der Waals surface area (Å²) >= 11 is 0. The van der Waals surface area contributed by atoms with Crippen molar-refractivity contribution in [3.8, 4) is 0 Å². The molecular weight excluding hydrogens is 338 g/mol. The predicted molar refractivity (Wildman–Crippen MR) is 101 cm³/mol. The summed E-state index contributed by atoms with van der Waals surface area (Å²) in [6.45, 7) is 8.29. The molecule has 2 saturated heterocycles. The van der Waals surface area contributed by atoms with E-state index in [1.165, 1.54) is 0 Å². The number of nitrogens with one attached hydrogen (secondary N) is 1. The van der Waals surface area contributed by atoms with Gasteiger partial charge in [0, 0.05) is 38.1 Å². The molecule has 4 atom stereocenters. The average Bonchev–Trinajstić information content (AvgIpc) is 2.98. The van der Waals surface area contributed by atoms with E-state index in [9.17, 15) is 9.59 Å². The number of likely N-dealkylation sites (tertiary alicyclic amines) is 1. The van der Waals surface area contributed by atoms with Crippen LogP contribution in [0.1, 0.15) is 38.8 Å². The van der Waals surface area contributed by atoms with Crippen molar-refractivity contribution in [2.24, 2.45) is 5.92 Å². The van der Waals surface area contributed by atoms with Gasteiger partial charge in [-0.25, -0.2) is 0 Å². The van der Waals surface area contributed by atoms with Crippen molar-refractivity contribution in [1.82, 2.24) is 15.1 Å². The number of hydrogen-bond acceptors (Lipinski definition) is 3. The van der Waals surface area contributed by atoms with Gasteiger partial charge in [-0.05, 0) is 26.3 Å². The van der Waals surface area contributed by atoms with Crippen molar-refractivity contribution in [3.05, 3.63) is 35.9 Å². The van der Waals surface area contributed by atoms with E-state index in [2.05, 4.69) is 19.2 Å². The van der Waals surface area contributed by atoms with Gasteiger partial charge in [-0.1, -0.05) is 30.3 Å². The van der Waals surface area contributed by atoms with Gasteiger partial charge >= 0.3 is 0 Å². The smallest absolute Gasteiger partial charge is 0.228 e. The molecule has 3 rings (SSSR count). The van der Waals surface area contributed by atoms with Gasteiger partial charge in [0.1, 0.15) is 0 Å². The molecule has 0 radical (unpaired) electrons. The Bertz CT molecular complexity index is 610. The molecule has 138 valence electrons. The van der Waals surface area contributed by atoms with Gasteiger partial charge in [0.2, 0.25) is 11.8 Å². The highest BCUT2D eigenvalue weighted by Gasteiger charge is 2.40. The third-order valence-corrected chi connectivity index (χ3v) is 5.57. The van der Waals surface area contributed by atoms with Gasteiger partial charge in [0.15, 0.2) is 0 Å². The largest absolute Gasteiger partial charge is 0.337 e. The third kappa shape index (κ3) is 3.98. The number of piperazine rings is 1. The topological polar surface area (TPSA) is 52.7 Å². The van der Waals surface area contributed by atoms with Gasteiger partial charge in [-0.3, -0.25) is 9.59 Å². The second-order valence-corrected chi connectivity index (χ2v) is 7.05. The molecule has 0 saturated carbocycles. The number of rotatable bonds is 3. The number of benzene rings is 1. The fourth-order valence-corrected chi connectivity index (χ4v) is 3.79. The van der Waals surface area contributed by atoms with Crippen LogP contribution in [0.5, 0.6) is 0 Å². The Morgan fingerprint density at radius 3 is 2.60 bits per heavy atom. The molecule has 1 aromatic carbocycles. The lowest BCUT2D eigenvalue weighted by Crippen LogP contribution is -2.58. The van der Waals surface area contributed by atoms with Crippen LogP contribution in [0.3, 0.4) is 0 Å². The van der Waals surface area contributed by atoms with Crippen LogP contribution in [0.2, 0.25) is 0 Å². The number of carbonyl (C=O) groups excluding carboxylic acids is 2. The van der Waals surface area contributed by atoms with Crippen LogP contribution in [0.25, 0.3) is 0 Å². The van der Waals surface area contributed by atoms with Crippen molar-refractivity contribution >= 4 is 24.2 Å². The first-order valence-corrected chi connectivity index (χ1v) is 8.87. The molecule has 2 aliphatic rings. The normalized spacial score (nSPS) is 27.8. The Morgan fingerprint density at radius 1 is 1.24 bits per heavy atom. The minimum Gasteiger partial charge on any atom is -0.337 e. The van der Waals surface area contributed by atoms with Crippen molar-refractivity contribution in [2.45, 2.75) is 45.3 Å². The van der Waals surface area contributed by atoms with E-state index in [1.807, 2.05) is 47.1 Å². The van der Waals surface area contributed by atoms with Crippen LogP contribution in [0, 0.1) is 5.92 Å². The Balaban J connectivity index is 0.00000225. The molecule has 2 heterocycles. The Kier molecular flexibility index (Phi) is 6.47. The number of nitrogens with zero attached hydrogens (tertiary/aromatic N) is 2. The lowest BCUT2D eigenvalue weighted by Gasteiger charge is -2.39. The van der Waals surface area contributed by atoms with E-state index in [0.29, 0.717) is 19.0 Å². The summed E-state index contributed by atoms with van der Waals surface area (Å²) in [6.07, 6.45) is 0.334. The summed E-state index contributed by atoms with van der Waals surface area (Å²) in [7, 11) is 0. The van der Waals surface area contributed by atoms with E-state index in [-0.39, 0.29) is 42.2 Å². The summed E-state index contributed by atoms with van der Waals surface area (Å²) in [5.41, 5.74) is 1.11. The molecule has 0 aliphatic carbocycles. The Morgan fingerprint density at radius 2 is 1.92 bits per heavy atom. The molecule has 2 fully saturated rings. The number of amides is 2. The quantitative estimate of drug-likeness (QED) is 0.893. The molecule has 4 unspecified atom stereocenters. The molecule has 0 bridgehead atoms. The maximum Gasteiger partial charge on any atom is 0.228 e. The lowest BCUT2D eigenvalue weighted by molar-refractivity contribution is -0.139. The molecule has 2 aliphatic heterocycles. The van der Waals surface area contributed by atoms with E-state index >= 15 is 0 Å². The van der Waals surface area contributed by atoms with Gasteiger partial charge in [0.25, 0.3) is 0 Å². The van der Waals surface area contributed by atoms with E-state index in [1.54, 1.807) is 0 Å². The third-order valence-electron chi connectivity index (χ3n) is 5.57. The minimum absolute atomic E-state index is 0. The van der Waals surface area contributed by atoms with E-state index in [0.717, 1.165) is 18.7 Å². The van der Waals surface area contributed by atoms with Crippen LogP contribution in [0.4, 0.5) is 0 Å². The van der Waals surface area contributed by atoms with Gasteiger partial charge < -0.3 is 15.1 Å². The van der Waals surface area contributed by atoms with Crippen molar-refractivity contribution in [2.75, 3.05) is 19.6 Å². The highest BCUT2D eigenvalue weighted by atomic mass is 35.5. The zero-order valence-electron chi connectivity index (χ0n) is 15.1. The fourth-order valence-electron chi connectivity index (χ4n) is 3.79. The Hall–Kier alpha value is -1.59. The monoisotopic (exact) mass is 365 g/mol. The predicted octanol–water partition coefficient (Wildman–Crippen LogP) is 2.23. The summed E-state index contributed by atoms with van der Waals surface area (Å²) in [5.74, 6) is 0.00362. The van der Waals surface area contributed by atoms with Gasteiger partial charge in [-0.15, -0.1) is 12.4 Å². The summed E-state index contributed by atoms with van der Waals surface area (Å²) < 4.78 is 0. The highest BCUT2D eigenvalue weighted by molar-refractivity contribution is 5.89. The summed E-state index contributed by atoms with van der Waals surface area (Å²) in [6, 6.07) is 10.5. The molecule has 0 aromatic heterocycles. The lowest BCUT2D eigenvalue weighted by atomic mass is 10.0. The molecule has 1 aromatic rings. The second kappa shape index (κ2) is 8.19. The van der Waals surface area contributed by atoms with Crippen LogP contribution in [0.15, 0.2) is 30.3 Å². The molecular formula is C19H28ClN3O2. The molecule has 25 heavy (non-hydrogen) atoms. The van der Waals surface area contributed by atoms with Crippen LogP contribution in [-0.4, -0.2) is 53.3 Å². The van der Waals surface area contributed by atoms with E-state index < -0.39 is 0 Å². The average molecular weight is 366 g/mol. The van der Waals surface area contributed by atoms with Crippen molar-refractivity contribution in [1.29, 1.82) is 0 Å². The number of carbonyl (C=O) groups is 2. The zero-order chi connectivity index (χ0) is 17.3. The first-order valence-electron chi connectivity index (χ1n) is 8.87. The first-order chi connectivity index (χ1) is 11.5. The SMILES string of the molecule is CC1NCCN(C(=O)C2CC(=O)N(C(C)c3ccccc3)C2)C1C.Cl. The number of hydrogen-bond donors (Lipinski definition) is 1. The minimum atomic E-state index is -0.212. The summed E-state index contributed by atoms with van der Waals surface area (Å²) in [4.78, 5) is 29.2. The second-order valence-electron chi connectivity index (χ2n) is 7.05. The summed E-state index contributed by atoms with van der Waals surface area (Å²) in [5, 5.41) is 3.39. The van der Waals surface area contributed by atoms with Crippen molar-refractivity contribution in [3.63, 3.8) is 0 Å². The fraction of sp³-hybridized carbons (Fsp3) is 0.579. The Labute approximate surface area is 156 Å². The molecule has 2 amide bonds. The maximum absolute atomic E-state index is 12.9.